The number of hydrogen-bond donors (Lipinski definition) is 0. The highest BCUT2D eigenvalue weighted by Gasteiger charge is 2.21. The maximum Gasteiger partial charge on any atom is 0.119 e. The molecule has 142 valence electrons. The van der Waals surface area contributed by atoms with Crippen LogP contribution in [0.1, 0.15) is 75.0 Å². The van der Waals surface area contributed by atoms with Gasteiger partial charge in [0.2, 0.25) is 0 Å². The van der Waals surface area contributed by atoms with Crippen LogP contribution < -0.4 is 4.74 Å². The first-order valence-electron chi connectivity index (χ1n) is 10.6. The van der Waals surface area contributed by atoms with E-state index in [1.807, 2.05) is 12.1 Å². The molecule has 1 fully saturated rings. The van der Waals surface area contributed by atoms with Crippen molar-refractivity contribution in [1.29, 1.82) is 0 Å². The molecular formula is C26H32O. The van der Waals surface area contributed by atoms with Crippen LogP contribution in [0, 0.1) is 17.8 Å². The SMILES string of the molecule is CCCOc1ccc(C#C[C@H]2CC[C@H](c3ccc(CCC)cc3)CC2)cc1. The monoisotopic (exact) mass is 360 g/mol. The van der Waals surface area contributed by atoms with Crippen LogP contribution in [0.25, 0.3) is 0 Å². The molecule has 0 bridgehead atoms. The Morgan fingerprint density at radius 3 is 2.19 bits per heavy atom. The summed E-state index contributed by atoms with van der Waals surface area (Å²) in [6.07, 6.45) is 8.39. The normalized spacial score (nSPS) is 19.2. The highest BCUT2D eigenvalue weighted by atomic mass is 16.5. The van der Waals surface area contributed by atoms with Gasteiger partial charge in [0.1, 0.15) is 5.75 Å². The van der Waals surface area contributed by atoms with Crippen molar-refractivity contribution in [1.82, 2.24) is 0 Å². The maximum atomic E-state index is 5.63. The zero-order chi connectivity index (χ0) is 18.9. The summed E-state index contributed by atoms with van der Waals surface area (Å²) < 4.78 is 5.63. The molecule has 1 saturated carbocycles. The summed E-state index contributed by atoms with van der Waals surface area (Å²) in [6, 6.07) is 17.5. The second-order valence-corrected chi connectivity index (χ2v) is 7.68. The summed E-state index contributed by atoms with van der Waals surface area (Å²) in [6.45, 7) is 5.14. The van der Waals surface area contributed by atoms with E-state index in [9.17, 15) is 0 Å². The zero-order valence-electron chi connectivity index (χ0n) is 16.8. The fraction of sp³-hybridized carbons (Fsp3) is 0.462. The molecule has 0 unspecified atom stereocenters. The summed E-state index contributed by atoms with van der Waals surface area (Å²) in [4.78, 5) is 0. The minimum absolute atomic E-state index is 0.539. The molecule has 0 heterocycles. The molecule has 27 heavy (non-hydrogen) atoms. The van der Waals surface area contributed by atoms with E-state index >= 15 is 0 Å². The van der Waals surface area contributed by atoms with Gasteiger partial charge in [-0.3, -0.25) is 0 Å². The zero-order valence-corrected chi connectivity index (χ0v) is 16.8. The van der Waals surface area contributed by atoms with Gasteiger partial charge in [0.15, 0.2) is 0 Å². The van der Waals surface area contributed by atoms with Crippen molar-refractivity contribution in [2.75, 3.05) is 6.61 Å². The van der Waals surface area contributed by atoms with Gasteiger partial charge in [-0.25, -0.2) is 0 Å². The van der Waals surface area contributed by atoms with Crippen molar-refractivity contribution in [2.24, 2.45) is 5.92 Å². The Morgan fingerprint density at radius 1 is 0.852 bits per heavy atom. The largest absolute Gasteiger partial charge is 0.494 e. The van der Waals surface area contributed by atoms with Crippen LogP contribution in [0.2, 0.25) is 0 Å². The molecule has 3 rings (SSSR count). The van der Waals surface area contributed by atoms with Gasteiger partial charge in [-0.1, -0.05) is 56.4 Å². The molecule has 1 nitrogen and oxygen atoms in total. The smallest absolute Gasteiger partial charge is 0.119 e. The summed E-state index contributed by atoms with van der Waals surface area (Å²) in [7, 11) is 0. The lowest BCUT2D eigenvalue weighted by Crippen LogP contribution is -2.12. The molecule has 1 aliphatic rings. The summed E-state index contributed by atoms with van der Waals surface area (Å²) in [5.74, 6) is 9.07. The second kappa shape index (κ2) is 10.2. The van der Waals surface area contributed by atoms with Gasteiger partial charge < -0.3 is 4.74 Å². The molecule has 0 saturated heterocycles. The Hall–Kier alpha value is -2.20. The lowest BCUT2D eigenvalue weighted by atomic mass is 9.79. The third-order valence-electron chi connectivity index (χ3n) is 5.46. The van der Waals surface area contributed by atoms with E-state index in [1.165, 1.54) is 49.7 Å². The number of rotatable bonds is 6. The molecule has 0 radical (unpaired) electrons. The van der Waals surface area contributed by atoms with E-state index in [4.69, 9.17) is 4.74 Å². The van der Waals surface area contributed by atoms with Crippen LogP contribution in [0.5, 0.6) is 5.75 Å². The van der Waals surface area contributed by atoms with Crippen LogP contribution in [-0.4, -0.2) is 6.61 Å². The first-order valence-corrected chi connectivity index (χ1v) is 10.6. The van der Waals surface area contributed by atoms with Gasteiger partial charge in [0.05, 0.1) is 6.61 Å². The van der Waals surface area contributed by atoms with E-state index < -0.39 is 0 Å². The topological polar surface area (TPSA) is 9.23 Å². The van der Waals surface area contributed by atoms with Crippen LogP contribution in [0.15, 0.2) is 48.5 Å². The molecular weight excluding hydrogens is 328 g/mol. The van der Waals surface area contributed by atoms with Crippen molar-refractivity contribution in [3.8, 4) is 17.6 Å². The summed E-state index contributed by atoms with van der Waals surface area (Å²) in [5.41, 5.74) is 4.07. The fourth-order valence-corrected chi connectivity index (χ4v) is 3.86. The van der Waals surface area contributed by atoms with E-state index in [0.717, 1.165) is 24.3 Å². The quantitative estimate of drug-likeness (QED) is 0.517. The lowest BCUT2D eigenvalue weighted by Gasteiger charge is -2.26. The summed E-state index contributed by atoms with van der Waals surface area (Å²) >= 11 is 0. The minimum atomic E-state index is 0.539. The van der Waals surface area contributed by atoms with Gasteiger partial charge in [-0.15, -0.1) is 0 Å². The minimum Gasteiger partial charge on any atom is -0.494 e. The van der Waals surface area contributed by atoms with Crippen molar-refractivity contribution in [3.05, 3.63) is 65.2 Å². The van der Waals surface area contributed by atoms with Gasteiger partial charge in [0, 0.05) is 11.5 Å². The molecule has 1 heteroatoms. The third kappa shape index (κ3) is 5.90. The standard InChI is InChI=1S/C26H32O/c1-3-5-21-8-14-24(15-9-21)25-16-10-22(11-17-25)6-7-23-12-18-26(19-13-23)27-20-4-2/h8-9,12-15,18-19,22,25H,3-5,10-11,16-17,20H2,1-2H3/t22-,25-. The predicted molar refractivity (Wildman–Crippen MR) is 114 cm³/mol. The number of benzene rings is 2. The highest BCUT2D eigenvalue weighted by molar-refractivity contribution is 5.38. The summed E-state index contributed by atoms with van der Waals surface area (Å²) in [5, 5.41) is 0. The Labute approximate surface area is 165 Å². The molecule has 0 aromatic heterocycles. The Kier molecular flexibility index (Phi) is 7.40. The Balaban J connectivity index is 1.50. The van der Waals surface area contributed by atoms with Gasteiger partial charge in [-0.2, -0.15) is 0 Å². The fourth-order valence-electron chi connectivity index (χ4n) is 3.86. The lowest BCUT2D eigenvalue weighted by molar-refractivity contribution is 0.317. The number of ether oxygens (including phenoxy) is 1. The maximum absolute atomic E-state index is 5.63. The van der Waals surface area contributed by atoms with Crippen molar-refractivity contribution in [2.45, 2.75) is 64.7 Å². The molecule has 1 aliphatic carbocycles. The van der Waals surface area contributed by atoms with Crippen LogP contribution in [0.3, 0.4) is 0 Å². The van der Waals surface area contributed by atoms with Crippen molar-refractivity contribution in [3.63, 3.8) is 0 Å². The van der Waals surface area contributed by atoms with Crippen LogP contribution in [-0.2, 0) is 6.42 Å². The molecule has 2 aromatic carbocycles. The Bertz CT molecular complexity index is 738. The molecule has 0 amide bonds. The van der Waals surface area contributed by atoms with Gasteiger partial charge >= 0.3 is 0 Å². The van der Waals surface area contributed by atoms with E-state index in [0.29, 0.717) is 11.8 Å². The first kappa shape index (κ1) is 19.6. The molecule has 2 aromatic rings. The average Bonchev–Trinajstić information content (AvgIpc) is 2.73. The van der Waals surface area contributed by atoms with Crippen molar-refractivity contribution >= 4 is 0 Å². The molecule has 0 atom stereocenters. The van der Waals surface area contributed by atoms with Gasteiger partial charge in [0.25, 0.3) is 0 Å². The van der Waals surface area contributed by atoms with Crippen LogP contribution in [0.4, 0.5) is 0 Å². The van der Waals surface area contributed by atoms with Crippen LogP contribution >= 0.6 is 0 Å². The highest BCUT2D eigenvalue weighted by Crippen LogP contribution is 2.35. The van der Waals surface area contributed by atoms with E-state index in [1.54, 1.807) is 0 Å². The number of hydrogen-bond acceptors (Lipinski definition) is 1. The molecule has 0 aliphatic heterocycles. The Morgan fingerprint density at radius 2 is 1.56 bits per heavy atom. The molecule has 0 spiro atoms. The first-order chi connectivity index (χ1) is 13.3. The average molecular weight is 361 g/mol. The van der Waals surface area contributed by atoms with Gasteiger partial charge in [-0.05, 0) is 79.8 Å². The number of aryl methyl sites for hydroxylation is 1. The third-order valence-corrected chi connectivity index (χ3v) is 5.46. The molecule has 0 N–H and O–H groups in total. The second-order valence-electron chi connectivity index (χ2n) is 7.68. The van der Waals surface area contributed by atoms with E-state index in [-0.39, 0.29) is 0 Å². The predicted octanol–water partition coefficient (Wildman–Crippen LogP) is 6.75. The van der Waals surface area contributed by atoms with Crippen molar-refractivity contribution < 1.29 is 4.74 Å². The van der Waals surface area contributed by atoms with E-state index in [2.05, 4.69) is 62.1 Å².